The molecule has 0 aliphatic carbocycles. The third-order valence-electron chi connectivity index (χ3n) is 3.15. The number of carboxylic acid groups (broad SMARTS) is 1. The highest BCUT2D eigenvalue weighted by Gasteiger charge is 2.21. The summed E-state index contributed by atoms with van der Waals surface area (Å²) in [6.45, 7) is 1.45. The minimum absolute atomic E-state index is 0.0690. The first-order valence-corrected chi connectivity index (χ1v) is 7.58. The zero-order valence-corrected chi connectivity index (χ0v) is 12.5. The van der Waals surface area contributed by atoms with E-state index in [1.807, 2.05) is 48.5 Å². The Kier molecular flexibility index (Phi) is 5.17. The fourth-order valence-corrected chi connectivity index (χ4v) is 2.81. The van der Waals surface area contributed by atoms with Crippen LogP contribution in [0.5, 0.6) is 0 Å². The molecule has 108 valence electrons. The molecule has 0 aromatic heterocycles. The summed E-state index contributed by atoms with van der Waals surface area (Å²) in [6, 6.07) is 17.3. The standard InChI is InChI=1S/C17H16O3S/c1-12(18)21-11-16(17(19)20)15-9-5-8-14(10-15)13-6-3-2-4-7-13/h2-10,16H,11H2,1H3,(H,19,20)/t16-/m0/s1. The van der Waals surface area contributed by atoms with Crippen molar-refractivity contribution in [1.29, 1.82) is 0 Å². The molecular formula is C17H16O3S. The van der Waals surface area contributed by atoms with Gasteiger partial charge in [0.2, 0.25) is 0 Å². The van der Waals surface area contributed by atoms with Crippen LogP contribution in [-0.4, -0.2) is 21.9 Å². The Morgan fingerprint density at radius 2 is 1.71 bits per heavy atom. The van der Waals surface area contributed by atoms with Crippen LogP contribution in [0, 0.1) is 0 Å². The number of thioether (sulfide) groups is 1. The van der Waals surface area contributed by atoms with Gasteiger partial charge in [-0.1, -0.05) is 66.4 Å². The minimum atomic E-state index is -0.908. The maximum Gasteiger partial charge on any atom is 0.311 e. The summed E-state index contributed by atoms with van der Waals surface area (Å²) in [6.07, 6.45) is 0. The van der Waals surface area contributed by atoms with Crippen LogP contribution in [0.1, 0.15) is 18.4 Å². The van der Waals surface area contributed by atoms with Crippen LogP contribution in [0.25, 0.3) is 11.1 Å². The second-order valence-electron chi connectivity index (χ2n) is 4.68. The first kappa shape index (κ1) is 15.3. The van der Waals surface area contributed by atoms with Crippen molar-refractivity contribution < 1.29 is 14.7 Å². The fourth-order valence-electron chi connectivity index (χ4n) is 2.08. The minimum Gasteiger partial charge on any atom is -0.481 e. The summed E-state index contributed by atoms with van der Waals surface area (Å²) < 4.78 is 0. The highest BCUT2D eigenvalue weighted by atomic mass is 32.2. The summed E-state index contributed by atoms with van der Waals surface area (Å²) in [5.74, 6) is -1.33. The second kappa shape index (κ2) is 7.09. The summed E-state index contributed by atoms with van der Waals surface area (Å²) in [5.41, 5.74) is 2.74. The average molecular weight is 300 g/mol. The van der Waals surface area contributed by atoms with Gasteiger partial charge >= 0.3 is 5.97 Å². The van der Waals surface area contributed by atoms with Crippen molar-refractivity contribution in [3.8, 4) is 11.1 Å². The van der Waals surface area contributed by atoms with Gasteiger partial charge in [0.05, 0.1) is 5.92 Å². The Morgan fingerprint density at radius 3 is 2.33 bits per heavy atom. The molecule has 2 aromatic rings. The van der Waals surface area contributed by atoms with Gasteiger partial charge in [0, 0.05) is 12.7 Å². The molecule has 1 N–H and O–H groups in total. The molecule has 0 unspecified atom stereocenters. The first-order valence-electron chi connectivity index (χ1n) is 6.59. The third kappa shape index (κ3) is 4.20. The Labute approximate surface area is 128 Å². The quantitative estimate of drug-likeness (QED) is 0.912. The van der Waals surface area contributed by atoms with E-state index in [4.69, 9.17) is 0 Å². The number of rotatable bonds is 5. The van der Waals surface area contributed by atoms with Gasteiger partial charge in [0.25, 0.3) is 0 Å². The van der Waals surface area contributed by atoms with E-state index in [1.54, 1.807) is 6.07 Å². The van der Waals surface area contributed by atoms with Gasteiger partial charge in [-0.25, -0.2) is 0 Å². The number of aliphatic carboxylic acids is 1. The van der Waals surface area contributed by atoms with E-state index in [1.165, 1.54) is 6.92 Å². The van der Waals surface area contributed by atoms with Crippen molar-refractivity contribution in [2.75, 3.05) is 5.75 Å². The van der Waals surface area contributed by atoms with E-state index in [-0.39, 0.29) is 10.9 Å². The summed E-state index contributed by atoms with van der Waals surface area (Å²) in [7, 11) is 0. The topological polar surface area (TPSA) is 54.4 Å². The van der Waals surface area contributed by atoms with Crippen molar-refractivity contribution in [2.24, 2.45) is 0 Å². The predicted molar refractivity (Wildman–Crippen MR) is 85.4 cm³/mol. The van der Waals surface area contributed by atoms with Crippen molar-refractivity contribution >= 4 is 22.8 Å². The first-order chi connectivity index (χ1) is 10.1. The van der Waals surface area contributed by atoms with Crippen LogP contribution in [-0.2, 0) is 9.59 Å². The normalized spacial score (nSPS) is 11.9. The Bertz CT molecular complexity index is 637. The lowest BCUT2D eigenvalue weighted by Crippen LogP contribution is -2.15. The lowest BCUT2D eigenvalue weighted by atomic mass is 9.96. The molecule has 0 fully saturated rings. The fraction of sp³-hybridized carbons (Fsp3) is 0.176. The molecule has 0 spiro atoms. The van der Waals surface area contributed by atoms with Crippen molar-refractivity contribution in [3.63, 3.8) is 0 Å². The van der Waals surface area contributed by atoms with Gasteiger partial charge in [0.15, 0.2) is 5.12 Å². The number of carbonyl (C=O) groups is 2. The second-order valence-corrected chi connectivity index (χ2v) is 5.88. The monoisotopic (exact) mass is 300 g/mol. The average Bonchev–Trinajstić information content (AvgIpc) is 2.48. The largest absolute Gasteiger partial charge is 0.481 e. The van der Waals surface area contributed by atoms with Crippen LogP contribution in [0.4, 0.5) is 0 Å². The highest BCUT2D eigenvalue weighted by molar-refractivity contribution is 8.13. The number of hydrogen-bond donors (Lipinski definition) is 1. The molecule has 0 saturated heterocycles. The van der Waals surface area contributed by atoms with Gasteiger partial charge in [-0.05, 0) is 16.7 Å². The van der Waals surface area contributed by atoms with Crippen molar-refractivity contribution in [3.05, 3.63) is 60.2 Å². The van der Waals surface area contributed by atoms with Crippen LogP contribution < -0.4 is 0 Å². The highest BCUT2D eigenvalue weighted by Crippen LogP contribution is 2.26. The number of carbonyl (C=O) groups excluding carboxylic acids is 1. The van der Waals surface area contributed by atoms with E-state index >= 15 is 0 Å². The van der Waals surface area contributed by atoms with E-state index in [2.05, 4.69) is 0 Å². The molecule has 0 aliphatic rings. The van der Waals surface area contributed by atoms with Gasteiger partial charge in [-0.15, -0.1) is 0 Å². The Balaban J connectivity index is 2.30. The summed E-state index contributed by atoms with van der Waals surface area (Å²) in [4.78, 5) is 22.5. The number of carboxylic acids is 1. The molecule has 0 amide bonds. The van der Waals surface area contributed by atoms with E-state index in [9.17, 15) is 14.7 Å². The SMILES string of the molecule is CC(=O)SC[C@H](C(=O)O)c1cccc(-c2ccccc2)c1. The smallest absolute Gasteiger partial charge is 0.311 e. The molecule has 0 aliphatic heterocycles. The third-order valence-corrected chi connectivity index (χ3v) is 4.05. The predicted octanol–water partition coefficient (Wildman–Crippen LogP) is 3.80. The molecule has 2 aromatic carbocycles. The van der Waals surface area contributed by atoms with Gasteiger partial charge in [-0.3, -0.25) is 9.59 Å². The lowest BCUT2D eigenvalue weighted by molar-refractivity contribution is -0.138. The van der Waals surface area contributed by atoms with Crippen LogP contribution in [0.3, 0.4) is 0 Å². The number of hydrogen-bond acceptors (Lipinski definition) is 3. The van der Waals surface area contributed by atoms with Gasteiger partial charge < -0.3 is 5.11 Å². The van der Waals surface area contributed by atoms with Crippen molar-refractivity contribution in [2.45, 2.75) is 12.8 Å². The molecule has 0 bridgehead atoms. The molecule has 3 nitrogen and oxygen atoms in total. The molecule has 4 heteroatoms. The molecule has 0 saturated carbocycles. The Morgan fingerprint density at radius 1 is 1.05 bits per heavy atom. The Hall–Kier alpha value is -2.07. The molecular weight excluding hydrogens is 284 g/mol. The molecule has 21 heavy (non-hydrogen) atoms. The van der Waals surface area contributed by atoms with Crippen molar-refractivity contribution in [1.82, 2.24) is 0 Å². The van der Waals surface area contributed by atoms with E-state index in [0.29, 0.717) is 0 Å². The van der Waals surface area contributed by atoms with Crippen LogP contribution in [0.2, 0.25) is 0 Å². The van der Waals surface area contributed by atoms with Gasteiger partial charge in [-0.2, -0.15) is 0 Å². The van der Waals surface area contributed by atoms with Crippen LogP contribution in [0.15, 0.2) is 54.6 Å². The van der Waals surface area contributed by atoms with E-state index < -0.39 is 11.9 Å². The van der Waals surface area contributed by atoms with Crippen LogP contribution >= 0.6 is 11.8 Å². The lowest BCUT2D eigenvalue weighted by Gasteiger charge is -2.13. The maximum absolute atomic E-state index is 11.4. The zero-order valence-electron chi connectivity index (χ0n) is 11.7. The summed E-state index contributed by atoms with van der Waals surface area (Å²) >= 11 is 1.04. The zero-order chi connectivity index (χ0) is 15.2. The van der Waals surface area contributed by atoms with Gasteiger partial charge in [0.1, 0.15) is 0 Å². The molecule has 2 rings (SSSR count). The molecule has 0 heterocycles. The van der Waals surface area contributed by atoms with E-state index in [0.717, 1.165) is 28.5 Å². The molecule has 1 atom stereocenters. The maximum atomic E-state index is 11.4. The molecule has 0 radical (unpaired) electrons. The number of benzene rings is 2. The summed E-state index contributed by atoms with van der Waals surface area (Å²) in [5, 5.41) is 9.31.